The molecule has 1 aliphatic rings. The molecule has 1 aromatic carbocycles. The second kappa shape index (κ2) is 5.15. The molecule has 1 aromatic rings. The Morgan fingerprint density at radius 1 is 1.25 bits per heavy atom. The number of unbranched alkanes of at least 4 members (excludes halogenated alkanes) is 1. The van der Waals surface area contributed by atoms with Gasteiger partial charge in [0.05, 0.1) is 6.04 Å². The Hall–Kier alpha value is -1.31. The van der Waals surface area contributed by atoms with Gasteiger partial charge in [-0.1, -0.05) is 43.7 Å². The van der Waals surface area contributed by atoms with Gasteiger partial charge in [0.25, 0.3) is 0 Å². The van der Waals surface area contributed by atoms with Gasteiger partial charge in [0, 0.05) is 11.6 Å². The third-order valence-electron chi connectivity index (χ3n) is 3.22. The lowest BCUT2D eigenvalue weighted by Crippen LogP contribution is -2.24. The number of hydrazone groups is 1. The fourth-order valence-corrected chi connectivity index (χ4v) is 2.33. The molecule has 0 radical (unpaired) electrons. The number of hydrogen-bond acceptors (Lipinski definition) is 2. The van der Waals surface area contributed by atoms with Gasteiger partial charge < -0.3 is 5.43 Å². The van der Waals surface area contributed by atoms with E-state index in [1.807, 2.05) is 0 Å². The van der Waals surface area contributed by atoms with Crippen LogP contribution in [0.15, 0.2) is 35.4 Å². The number of nitrogens with one attached hydrogen (secondary N) is 1. The highest BCUT2D eigenvalue weighted by Crippen LogP contribution is 2.27. The number of benzene rings is 1. The summed E-state index contributed by atoms with van der Waals surface area (Å²) < 4.78 is 0. The molecule has 2 unspecified atom stereocenters. The van der Waals surface area contributed by atoms with Gasteiger partial charge in [-0.3, -0.25) is 0 Å². The van der Waals surface area contributed by atoms with Gasteiger partial charge in [0.1, 0.15) is 0 Å². The first-order valence-electron chi connectivity index (χ1n) is 6.20. The van der Waals surface area contributed by atoms with Crippen molar-refractivity contribution >= 4 is 5.71 Å². The van der Waals surface area contributed by atoms with Crippen molar-refractivity contribution in [1.29, 1.82) is 0 Å². The van der Waals surface area contributed by atoms with Crippen molar-refractivity contribution in [3.05, 3.63) is 35.9 Å². The predicted molar refractivity (Wildman–Crippen MR) is 68.7 cm³/mol. The molecular weight excluding hydrogens is 196 g/mol. The van der Waals surface area contributed by atoms with Crippen molar-refractivity contribution in [1.82, 2.24) is 5.43 Å². The highest BCUT2D eigenvalue weighted by Gasteiger charge is 2.28. The second-order valence-corrected chi connectivity index (χ2v) is 4.51. The molecule has 0 spiro atoms. The summed E-state index contributed by atoms with van der Waals surface area (Å²) in [6.45, 7) is 4.43. The number of hydrogen-bond donors (Lipinski definition) is 1. The van der Waals surface area contributed by atoms with E-state index in [0.717, 1.165) is 6.42 Å². The van der Waals surface area contributed by atoms with Crippen molar-refractivity contribution in [3.63, 3.8) is 0 Å². The van der Waals surface area contributed by atoms with Crippen LogP contribution < -0.4 is 5.43 Å². The van der Waals surface area contributed by atoms with Crippen LogP contribution in [0.1, 0.15) is 44.6 Å². The number of rotatable bonds is 4. The van der Waals surface area contributed by atoms with Gasteiger partial charge in [0.15, 0.2) is 0 Å². The van der Waals surface area contributed by atoms with E-state index in [2.05, 4.69) is 54.7 Å². The van der Waals surface area contributed by atoms with Crippen molar-refractivity contribution in [2.45, 2.75) is 45.1 Å². The van der Waals surface area contributed by atoms with Crippen molar-refractivity contribution < 1.29 is 0 Å². The average Bonchev–Trinajstić information content (AvgIpc) is 2.69. The molecule has 0 aromatic heterocycles. The summed E-state index contributed by atoms with van der Waals surface area (Å²) in [5, 5.41) is 4.48. The monoisotopic (exact) mass is 216 g/mol. The maximum absolute atomic E-state index is 4.48. The maximum Gasteiger partial charge on any atom is 0.0533 e. The van der Waals surface area contributed by atoms with Gasteiger partial charge in [-0.05, 0) is 25.3 Å². The van der Waals surface area contributed by atoms with Crippen LogP contribution in [-0.4, -0.2) is 11.8 Å². The van der Waals surface area contributed by atoms with Crippen LogP contribution in [0.3, 0.4) is 0 Å². The molecule has 1 N–H and O–H groups in total. The Kier molecular flexibility index (Phi) is 3.60. The molecular formula is C14H20N2. The van der Waals surface area contributed by atoms with E-state index in [1.165, 1.54) is 24.1 Å². The highest BCUT2D eigenvalue weighted by atomic mass is 15.3. The van der Waals surface area contributed by atoms with Crippen molar-refractivity contribution in [3.8, 4) is 0 Å². The molecule has 0 saturated heterocycles. The molecule has 2 nitrogen and oxygen atoms in total. The smallest absolute Gasteiger partial charge is 0.0533 e. The molecule has 2 atom stereocenters. The minimum atomic E-state index is 0.425. The Morgan fingerprint density at radius 2 is 2.00 bits per heavy atom. The topological polar surface area (TPSA) is 24.4 Å². The SMILES string of the molecule is CCCCC1=NNC(C)C1c1ccccc1. The molecule has 0 amide bonds. The van der Waals surface area contributed by atoms with E-state index in [-0.39, 0.29) is 0 Å². The van der Waals surface area contributed by atoms with Gasteiger partial charge >= 0.3 is 0 Å². The Balaban J connectivity index is 2.15. The zero-order chi connectivity index (χ0) is 11.4. The van der Waals surface area contributed by atoms with Crippen molar-refractivity contribution in [2.24, 2.45) is 5.10 Å². The van der Waals surface area contributed by atoms with Crippen LogP contribution >= 0.6 is 0 Å². The van der Waals surface area contributed by atoms with Crippen LogP contribution in [0.2, 0.25) is 0 Å². The molecule has 0 fully saturated rings. The van der Waals surface area contributed by atoms with E-state index < -0.39 is 0 Å². The lowest BCUT2D eigenvalue weighted by Gasteiger charge is -2.17. The fourth-order valence-electron chi connectivity index (χ4n) is 2.33. The average molecular weight is 216 g/mol. The summed E-state index contributed by atoms with van der Waals surface area (Å²) in [5.74, 6) is 0.466. The first-order chi connectivity index (χ1) is 7.83. The molecule has 16 heavy (non-hydrogen) atoms. The molecule has 1 heterocycles. The maximum atomic E-state index is 4.48. The Labute approximate surface area is 97.8 Å². The standard InChI is InChI=1S/C14H20N2/c1-3-4-10-13-14(11(2)15-16-13)12-8-6-5-7-9-12/h5-9,11,14-15H,3-4,10H2,1-2H3. The lowest BCUT2D eigenvalue weighted by atomic mass is 9.87. The third kappa shape index (κ3) is 2.26. The normalized spacial score (nSPS) is 24.0. The summed E-state index contributed by atoms with van der Waals surface area (Å²) in [5.41, 5.74) is 5.92. The summed E-state index contributed by atoms with van der Waals surface area (Å²) in [6, 6.07) is 11.1. The van der Waals surface area contributed by atoms with E-state index >= 15 is 0 Å². The molecule has 2 heteroatoms. The molecule has 2 rings (SSSR count). The van der Waals surface area contributed by atoms with E-state index in [0.29, 0.717) is 12.0 Å². The Bertz CT molecular complexity index is 356. The van der Waals surface area contributed by atoms with Crippen molar-refractivity contribution in [2.75, 3.05) is 0 Å². The first kappa shape index (κ1) is 11.2. The largest absolute Gasteiger partial charge is 0.306 e. The zero-order valence-corrected chi connectivity index (χ0v) is 10.1. The summed E-state index contributed by atoms with van der Waals surface area (Å²) in [4.78, 5) is 0. The third-order valence-corrected chi connectivity index (χ3v) is 3.22. The number of nitrogens with zero attached hydrogens (tertiary/aromatic N) is 1. The van der Waals surface area contributed by atoms with Crippen LogP contribution in [0.4, 0.5) is 0 Å². The van der Waals surface area contributed by atoms with Crippen LogP contribution in [0.5, 0.6) is 0 Å². The minimum Gasteiger partial charge on any atom is -0.306 e. The molecule has 0 aliphatic carbocycles. The van der Waals surface area contributed by atoms with E-state index in [9.17, 15) is 0 Å². The molecule has 0 bridgehead atoms. The van der Waals surface area contributed by atoms with Crippen LogP contribution in [0, 0.1) is 0 Å². The quantitative estimate of drug-likeness (QED) is 0.820. The van der Waals surface area contributed by atoms with Crippen LogP contribution in [0.25, 0.3) is 0 Å². The summed E-state index contributed by atoms with van der Waals surface area (Å²) in [7, 11) is 0. The molecule has 0 saturated carbocycles. The van der Waals surface area contributed by atoms with Gasteiger partial charge in [-0.15, -0.1) is 0 Å². The summed E-state index contributed by atoms with van der Waals surface area (Å²) in [6.07, 6.45) is 3.58. The van der Waals surface area contributed by atoms with Gasteiger partial charge in [-0.25, -0.2) is 0 Å². The first-order valence-corrected chi connectivity index (χ1v) is 6.20. The van der Waals surface area contributed by atoms with Gasteiger partial charge in [-0.2, -0.15) is 5.10 Å². The Morgan fingerprint density at radius 3 is 2.69 bits per heavy atom. The fraction of sp³-hybridized carbons (Fsp3) is 0.500. The highest BCUT2D eigenvalue weighted by molar-refractivity contribution is 5.92. The molecule has 86 valence electrons. The lowest BCUT2D eigenvalue weighted by molar-refractivity contribution is 0.588. The van der Waals surface area contributed by atoms with E-state index in [1.54, 1.807) is 0 Å². The predicted octanol–water partition coefficient (Wildman–Crippen LogP) is 3.31. The summed E-state index contributed by atoms with van der Waals surface area (Å²) >= 11 is 0. The van der Waals surface area contributed by atoms with Crippen LogP contribution in [-0.2, 0) is 0 Å². The van der Waals surface area contributed by atoms with Gasteiger partial charge in [0.2, 0.25) is 0 Å². The van der Waals surface area contributed by atoms with E-state index in [4.69, 9.17) is 0 Å². The minimum absolute atomic E-state index is 0.425. The second-order valence-electron chi connectivity index (χ2n) is 4.51. The molecule has 1 aliphatic heterocycles. The zero-order valence-electron chi connectivity index (χ0n) is 10.1.